The number of thiophene rings is 1. The number of nitrogens with zero attached hydrogens (tertiary/aromatic N) is 1. The lowest BCUT2D eigenvalue weighted by atomic mass is 9.76. The van der Waals surface area contributed by atoms with Gasteiger partial charge in [0.2, 0.25) is 0 Å². The van der Waals surface area contributed by atoms with Crippen LogP contribution >= 0.6 is 11.3 Å². The predicted octanol–water partition coefficient (Wildman–Crippen LogP) is 4.26. The van der Waals surface area contributed by atoms with E-state index in [1.165, 1.54) is 57.1 Å². The summed E-state index contributed by atoms with van der Waals surface area (Å²) in [5, 5.41) is 4.50. The summed E-state index contributed by atoms with van der Waals surface area (Å²) in [6, 6.07) is 3.55. The van der Waals surface area contributed by atoms with Crippen molar-refractivity contribution < 1.29 is 0 Å². The zero-order chi connectivity index (χ0) is 14.7. The fourth-order valence-corrected chi connectivity index (χ4v) is 4.63. The molecule has 21 heavy (non-hydrogen) atoms. The largest absolute Gasteiger partial charge is 0.327 e. The third-order valence-corrected chi connectivity index (χ3v) is 6.08. The van der Waals surface area contributed by atoms with Gasteiger partial charge >= 0.3 is 0 Å². The van der Waals surface area contributed by atoms with E-state index in [0.717, 1.165) is 24.4 Å². The number of hydrogen-bond donors (Lipinski definition) is 1. The molecular formula is C18H30N2S. The van der Waals surface area contributed by atoms with Crippen LogP contribution in [0.4, 0.5) is 0 Å². The summed E-state index contributed by atoms with van der Waals surface area (Å²) >= 11 is 1.82. The molecule has 0 saturated heterocycles. The first kappa shape index (κ1) is 15.5. The van der Waals surface area contributed by atoms with E-state index in [1.807, 2.05) is 11.3 Å². The molecule has 2 aliphatic carbocycles. The molecule has 1 aromatic heterocycles. The Morgan fingerprint density at radius 2 is 2.14 bits per heavy atom. The Labute approximate surface area is 133 Å². The van der Waals surface area contributed by atoms with Crippen LogP contribution in [0.25, 0.3) is 0 Å². The van der Waals surface area contributed by atoms with Crippen molar-refractivity contribution in [3.63, 3.8) is 0 Å². The fourth-order valence-electron chi connectivity index (χ4n) is 3.97. The van der Waals surface area contributed by atoms with Gasteiger partial charge in [0.05, 0.1) is 0 Å². The Balaban J connectivity index is 1.58. The van der Waals surface area contributed by atoms with Crippen LogP contribution in [0.15, 0.2) is 16.8 Å². The molecule has 3 atom stereocenters. The normalized spacial score (nSPS) is 30.0. The van der Waals surface area contributed by atoms with Gasteiger partial charge in [-0.1, -0.05) is 19.8 Å². The smallest absolute Gasteiger partial charge is 0.0245 e. The monoisotopic (exact) mass is 306 g/mol. The highest BCUT2D eigenvalue weighted by atomic mass is 32.1. The summed E-state index contributed by atoms with van der Waals surface area (Å²) in [7, 11) is 0. The summed E-state index contributed by atoms with van der Waals surface area (Å²) in [5.41, 5.74) is 7.94. The molecule has 2 fully saturated rings. The van der Waals surface area contributed by atoms with Crippen molar-refractivity contribution in [1.29, 1.82) is 0 Å². The molecule has 2 aliphatic rings. The number of nitrogens with two attached hydrogens (primary N) is 1. The van der Waals surface area contributed by atoms with Gasteiger partial charge in [-0.3, -0.25) is 4.90 Å². The van der Waals surface area contributed by atoms with Gasteiger partial charge in [-0.2, -0.15) is 11.3 Å². The topological polar surface area (TPSA) is 29.3 Å². The van der Waals surface area contributed by atoms with Crippen molar-refractivity contribution in [2.45, 2.75) is 70.5 Å². The second-order valence-electron chi connectivity index (χ2n) is 7.18. The maximum atomic E-state index is 6.45. The standard InChI is InChI=1S/C18H30N2S/c1-2-3-14-4-7-18(19)16(10-14)12-20(17-5-6-17)11-15-8-9-21-13-15/h8-9,13-14,16-18H,2-7,10-12,19H2,1H3. The Kier molecular flexibility index (Phi) is 5.36. The molecule has 2 nitrogen and oxygen atoms in total. The molecule has 3 unspecified atom stereocenters. The van der Waals surface area contributed by atoms with E-state index < -0.39 is 0 Å². The molecule has 3 heteroatoms. The first-order valence-electron chi connectivity index (χ1n) is 8.77. The average molecular weight is 307 g/mol. The number of rotatable bonds is 7. The van der Waals surface area contributed by atoms with Crippen LogP contribution < -0.4 is 5.73 Å². The molecule has 0 radical (unpaired) electrons. The molecule has 0 bridgehead atoms. The molecular weight excluding hydrogens is 276 g/mol. The molecule has 0 amide bonds. The molecule has 118 valence electrons. The van der Waals surface area contributed by atoms with Gasteiger partial charge in [-0.25, -0.2) is 0 Å². The molecule has 2 N–H and O–H groups in total. The quantitative estimate of drug-likeness (QED) is 0.815. The van der Waals surface area contributed by atoms with E-state index in [2.05, 4.69) is 28.7 Å². The fraction of sp³-hybridized carbons (Fsp3) is 0.778. The third-order valence-electron chi connectivity index (χ3n) is 5.34. The Morgan fingerprint density at radius 1 is 1.29 bits per heavy atom. The van der Waals surface area contributed by atoms with E-state index in [4.69, 9.17) is 5.73 Å². The first-order chi connectivity index (χ1) is 10.3. The van der Waals surface area contributed by atoms with Crippen LogP contribution in [-0.4, -0.2) is 23.5 Å². The maximum absolute atomic E-state index is 6.45. The van der Waals surface area contributed by atoms with Crippen molar-refractivity contribution >= 4 is 11.3 Å². The summed E-state index contributed by atoms with van der Waals surface area (Å²) < 4.78 is 0. The highest BCUT2D eigenvalue weighted by molar-refractivity contribution is 7.07. The van der Waals surface area contributed by atoms with Crippen molar-refractivity contribution in [1.82, 2.24) is 4.90 Å². The van der Waals surface area contributed by atoms with E-state index in [-0.39, 0.29) is 0 Å². The van der Waals surface area contributed by atoms with Gasteiger partial charge in [-0.05, 0) is 66.3 Å². The summed E-state index contributed by atoms with van der Waals surface area (Å²) in [6.07, 6.45) is 9.48. The van der Waals surface area contributed by atoms with Crippen LogP contribution in [0.1, 0.15) is 57.4 Å². The minimum absolute atomic E-state index is 0.432. The second kappa shape index (κ2) is 7.26. The lowest BCUT2D eigenvalue weighted by molar-refractivity contribution is 0.142. The van der Waals surface area contributed by atoms with Crippen LogP contribution in [0.2, 0.25) is 0 Å². The number of hydrogen-bond acceptors (Lipinski definition) is 3. The van der Waals surface area contributed by atoms with Crippen molar-refractivity contribution in [2.24, 2.45) is 17.6 Å². The summed E-state index contributed by atoms with van der Waals surface area (Å²) in [4.78, 5) is 2.72. The maximum Gasteiger partial charge on any atom is 0.0245 e. The van der Waals surface area contributed by atoms with E-state index >= 15 is 0 Å². The minimum Gasteiger partial charge on any atom is -0.327 e. The summed E-state index contributed by atoms with van der Waals surface area (Å²) in [6.45, 7) is 4.67. The Bertz CT molecular complexity index is 413. The lowest BCUT2D eigenvalue weighted by Gasteiger charge is -2.37. The minimum atomic E-state index is 0.432. The predicted molar refractivity (Wildman–Crippen MR) is 91.5 cm³/mol. The van der Waals surface area contributed by atoms with Gasteiger partial charge in [0.25, 0.3) is 0 Å². The van der Waals surface area contributed by atoms with Crippen LogP contribution in [0.3, 0.4) is 0 Å². The lowest BCUT2D eigenvalue weighted by Crippen LogP contribution is -2.43. The molecule has 0 aliphatic heterocycles. The zero-order valence-electron chi connectivity index (χ0n) is 13.3. The summed E-state index contributed by atoms with van der Waals surface area (Å²) in [5.74, 6) is 1.65. The van der Waals surface area contributed by atoms with E-state index in [9.17, 15) is 0 Å². The van der Waals surface area contributed by atoms with Gasteiger partial charge in [0.15, 0.2) is 0 Å². The molecule has 3 rings (SSSR count). The SMILES string of the molecule is CCCC1CCC(N)C(CN(Cc2ccsc2)C2CC2)C1. The highest BCUT2D eigenvalue weighted by Crippen LogP contribution is 2.35. The van der Waals surface area contributed by atoms with Crippen LogP contribution in [-0.2, 0) is 6.54 Å². The molecule has 1 heterocycles. The third kappa shape index (κ3) is 4.30. The molecule has 2 saturated carbocycles. The van der Waals surface area contributed by atoms with Gasteiger partial charge in [0.1, 0.15) is 0 Å². The van der Waals surface area contributed by atoms with E-state index in [0.29, 0.717) is 6.04 Å². The highest BCUT2D eigenvalue weighted by Gasteiger charge is 2.34. The first-order valence-corrected chi connectivity index (χ1v) is 9.71. The van der Waals surface area contributed by atoms with Crippen molar-refractivity contribution in [3.8, 4) is 0 Å². The van der Waals surface area contributed by atoms with Crippen LogP contribution in [0.5, 0.6) is 0 Å². The van der Waals surface area contributed by atoms with Crippen molar-refractivity contribution in [2.75, 3.05) is 6.54 Å². The van der Waals surface area contributed by atoms with Gasteiger partial charge < -0.3 is 5.73 Å². The van der Waals surface area contributed by atoms with E-state index in [1.54, 1.807) is 0 Å². The molecule has 0 spiro atoms. The zero-order valence-corrected chi connectivity index (χ0v) is 14.2. The Hall–Kier alpha value is -0.380. The molecule has 1 aromatic rings. The average Bonchev–Trinajstić information content (AvgIpc) is 3.20. The second-order valence-corrected chi connectivity index (χ2v) is 7.96. The van der Waals surface area contributed by atoms with Crippen molar-refractivity contribution in [3.05, 3.63) is 22.4 Å². The Morgan fingerprint density at radius 3 is 2.81 bits per heavy atom. The van der Waals surface area contributed by atoms with Gasteiger partial charge in [0, 0.05) is 25.2 Å². The van der Waals surface area contributed by atoms with Crippen LogP contribution in [0, 0.1) is 11.8 Å². The van der Waals surface area contributed by atoms with Gasteiger partial charge in [-0.15, -0.1) is 0 Å². The molecule has 0 aromatic carbocycles.